The summed E-state index contributed by atoms with van der Waals surface area (Å²) in [6.07, 6.45) is 4.81. The van der Waals surface area contributed by atoms with Crippen molar-refractivity contribution >= 4 is 5.91 Å². The second kappa shape index (κ2) is 7.70. The van der Waals surface area contributed by atoms with Gasteiger partial charge in [-0.3, -0.25) is 4.79 Å². The number of amides is 1. The number of nitrogens with two attached hydrogens (primary N) is 1. The lowest BCUT2D eigenvalue weighted by molar-refractivity contribution is -0.127. The molecule has 1 saturated carbocycles. The molecule has 122 valence electrons. The highest BCUT2D eigenvalue weighted by atomic mass is 19.1. The zero-order chi connectivity index (χ0) is 16.0. The van der Waals surface area contributed by atoms with Gasteiger partial charge in [0.25, 0.3) is 0 Å². The Morgan fingerprint density at radius 3 is 2.55 bits per heavy atom. The van der Waals surface area contributed by atoms with Crippen molar-refractivity contribution in [2.45, 2.75) is 44.2 Å². The van der Waals surface area contributed by atoms with Crippen LogP contribution in [0.15, 0.2) is 24.3 Å². The Morgan fingerprint density at radius 1 is 1.27 bits per heavy atom. The van der Waals surface area contributed by atoms with Gasteiger partial charge >= 0.3 is 0 Å². The molecule has 0 heterocycles. The van der Waals surface area contributed by atoms with Crippen molar-refractivity contribution in [2.75, 3.05) is 20.1 Å². The van der Waals surface area contributed by atoms with Crippen molar-refractivity contribution < 1.29 is 9.18 Å². The molecular formula is C17H26FN3O. The number of hydrogen-bond acceptors (Lipinski definition) is 3. The quantitative estimate of drug-likeness (QED) is 0.845. The Balaban J connectivity index is 1.71. The van der Waals surface area contributed by atoms with Crippen molar-refractivity contribution in [3.05, 3.63) is 35.6 Å². The van der Waals surface area contributed by atoms with Crippen molar-refractivity contribution in [2.24, 2.45) is 5.73 Å². The molecule has 1 aromatic carbocycles. The van der Waals surface area contributed by atoms with Gasteiger partial charge in [-0.2, -0.15) is 0 Å². The Bertz CT molecular complexity index is 483. The maximum absolute atomic E-state index is 12.9. The largest absolute Gasteiger partial charge is 0.353 e. The molecule has 22 heavy (non-hydrogen) atoms. The zero-order valence-electron chi connectivity index (χ0n) is 13.3. The number of halogens is 1. The van der Waals surface area contributed by atoms with E-state index in [0.717, 1.165) is 44.3 Å². The molecule has 1 aromatic rings. The van der Waals surface area contributed by atoms with Gasteiger partial charge in [0.2, 0.25) is 5.91 Å². The molecule has 0 aromatic heterocycles. The van der Waals surface area contributed by atoms with Gasteiger partial charge in [-0.1, -0.05) is 31.4 Å². The number of carbonyl (C=O) groups is 1. The van der Waals surface area contributed by atoms with Gasteiger partial charge in [-0.05, 0) is 37.6 Å². The van der Waals surface area contributed by atoms with Crippen LogP contribution < -0.4 is 11.1 Å². The van der Waals surface area contributed by atoms with Gasteiger partial charge in [0, 0.05) is 19.6 Å². The molecule has 0 radical (unpaired) electrons. The first-order valence-corrected chi connectivity index (χ1v) is 8.00. The molecule has 0 saturated heterocycles. The molecule has 1 aliphatic carbocycles. The summed E-state index contributed by atoms with van der Waals surface area (Å²) in [4.78, 5) is 14.3. The molecule has 0 aliphatic heterocycles. The molecule has 1 amide bonds. The SMILES string of the molecule is CN(CCNC(=O)C1(N)CCCCC1)Cc1ccc(F)cc1. The zero-order valence-corrected chi connectivity index (χ0v) is 13.3. The predicted octanol–water partition coefficient (Wildman–Crippen LogP) is 2.04. The fraction of sp³-hybridized carbons (Fsp3) is 0.588. The highest BCUT2D eigenvalue weighted by molar-refractivity contribution is 5.86. The first-order chi connectivity index (χ1) is 10.5. The lowest BCUT2D eigenvalue weighted by Crippen LogP contribution is -2.55. The van der Waals surface area contributed by atoms with Gasteiger partial charge in [0.1, 0.15) is 5.82 Å². The molecule has 0 spiro atoms. The van der Waals surface area contributed by atoms with Crippen LogP contribution in [0.4, 0.5) is 4.39 Å². The average Bonchev–Trinajstić information content (AvgIpc) is 2.50. The van der Waals surface area contributed by atoms with Crippen molar-refractivity contribution in [1.82, 2.24) is 10.2 Å². The molecule has 0 unspecified atom stereocenters. The van der Waals surface area contributed by atoms with E-state index in [0.29, 0.717) is 6.54 Å². The topological polar surface area (TPSA) is 58.4 Å². The number of likely N-dealkylation sites (N-methyl/N-ethyl adjacent to an activating group) is 1. The third kappa shape index (κ3) is 4.78. The lowest BCUT2D eigenvalue weighted by Gasteiger charge is -2.32. The molecular weight excluding hydrogens is 281 g/mol. The van der Waals surface area contributed by atoms with E-state index in [-0.39, 0.29) is 11.7 Å². The van der Waals surface area contributed by atoms with Gasteiger partial charge in [-0.15, -0.1) is 0 Å². The third-order valence-corrected chi connectivity index (χ3v) is 4.34. The lowest BCUT2D eigenvalue weighted by atomic mass is 9.82. The number of hydrogen-bond donors (Lipinski definition) is 2. The normalized spacial score (nSPS) is 17.5. The van der Waals surface area contributed by atoms with Gasteiger partial charge in [-0.25, -0.2) is 4.39 Å². The van der Waals surface area contributed by atoms with E-state index in [1.165, 1.54) is 18.6 Å². The number of carbonyl (C=O) groups excluding carboxylic acids is 1. The molecule has 1 fully saturated rings. The van der Waals surface area contributed by atoms with Crippen LogP contribution in [0, 0.1) is 5.82 Å². The van der Waals surface area contributed by atoms with Crippen molar-refractivity contribution in [3.63, 3.8) is 0 Å². The highest BCUT2D eigenvalue weighted by Crippen LogP contribution is 2.25. The second-order valence-electron chi connectivity index (χ2n) is 6.34. The summed E-state index contributed by atoms with van der Waals surface area (Å²) in [6, 6.07) is 6.49. The van der Waals surface area contributed by atoms with E-state index in [4.69, 9.17) is 5.73 Å². The Hall–Kier alpha value is -1.46. The van der Waals surface area contributed by atoms with Crippen LogP contribution in [0.1, 0.15) is 37.7 Å². The smallest absolute Gasteiger partial charge is 0.240 e. The summed E-state index contributed by atoms with van der Waals surface area (Å²) in [7, 11) is 1.98. The third-order valence-electron chi connectivity index (χ3n) is 4.34. The van der Waals surface area contributed by atoms with E-state index < -0.39 is 5.54 Å². The van der Waals surface area contributed by atoms with E-state index >= 15 is 0 Å². The summed E-state index contributed by atoms with van der Waals surface area (Å²) in [5, 5.41) is 2.95. The minimum atomic E-state index is -0.673. The van der Waals surface area contributed by atoms with E-state index in [9.17, 15) is 9.18 Å². The molecule has 2 rings (SSSR count). The summed E-state index contributed by atoms with van der Waals surface area (Å²) < 4.78 is 12.9. The number of nitrogens with zero attached hydrogens (tertiary/aromatic N) is 1. The van der Waals surface area contributed by atoms with Crippen LogP contribution in [0.3, 0.4) is 0 Å². The Morgan fingerprint density at radius 2 is 1.91 bits per heavy atom. The fourth-order valence-corrected chi connectivity index (χ4v) is 2.93. The van der Waals surface area contributed by atoms with Crippen LogP contribution >= 0.6 is 0 Å². The summed E-state index contributed by atoms with van der Waals surface area (Å²) in [5.41, 5.74) is 6.58. The fourth-order valence-electron chi connectivity index (χ4n) is 2.93. The number of benzene rings is 1. The van der Waals surface area contributed by atoms with E-state index in [1.54, 1.807) is 12.1 Å². The minimum Gasteiger partial charge on any atom is -0.353 e. The van der Waals surface area contributed by atoms with Crippen LogP contribution in [-0.4, -0.2) is 36.5 Å². The van der Waals surface area contributed by atoms with E-state index in [2.05, 4.69) is 10.2 Å². The summed E-state index contributed by atoms with van der Waals surface area (Å²) in [5.74, 6) is -0.248. The highest BCUT2D eigenvalue weighted by Gasteiger charge is 2.34. The van der Waals surface area contributed by atoms with Crippen molar-refractivity contribution in [3.8, 4) is 0 Å². The van der Waals surface area contributed by atoms with Crippen LogP contribution in [0.5, 0.6) is 0 Å². The van der Waals surface area contributed by atoms with E-state index in [1.807, 2.05) is 7.05 Å². The maximum Gasteiger partial charge on any atom is 0.240 e. The monoisotopic (exact) mass is 307 g/mol. The number of rotatable bonds is 6. The summed E-state index contributed by atoms with van der Waals surface area (Å²) in [6.45, 7) is 2.04. The van der Waals surface area contributed by atoms with Gasteiger partial charge in [0.15, 0.2) is 0 Å². The maximum atomic E-state index is 12.9. The van der Waals surface area contributed by atoms with Gasteiger partial charge in [0.05, 0.1) is 5.54 Å². The predicted molar refractivity (Wildman–Crippen MR) is 85.7 cm³/mol. The van der Waals surface area contributed by atoms with Crippen LogP contribution in [0.2, 0.25) is 0 Å². The average molecular weight is 307 g/mol. The number of nitrogens with one attached hydrogen (secondary N) is 1. The molecule has 1 aliphatic rings. The second-order valence-corrected chi connectivity index (χ2v) is 6.34. The van der Waals surface area contributed by atoms with Crippen molar-refractivity contribution in [1.29, 1.82) is 0 Å². The van der Waals surface area contributed by atoms with Gasteiger partial charge < -0.3 is 16.0 Å². The first kappa shape index (κ1) is 16.9. The Labute approximate surface area is 131 Å². The van der Waals surface area contributed by atoms with Crippen LogP contribution in [-0.2, 0) is 11.3 Å². The minimum absolute atomic E-state index is 0.0256. The molecule has 4 nitrogen and oxygen atoms in total. The standard InChI is InChI=1S/C17H26FN3O/c1-21(13-14-5-7-15(18)8-6-14)12-11-20-16(22)17(19)9-3-2-4-10-17/h5-8H,2-4,9-13,19H2,1H3,(H,20,22). The molecule has 5 heteroatoms. The Kier molecular flexibility index (Phi) is 5.91. The summed E-state index contributed by atoms with van der Waals surface area (Å²) >= 11 is 0. The van der Waals surface area contributed by atoms with Crippen LogP contribution in [0.25, 0.3) is 0 Å². The molecule has 3 N–H and O–H groups in total. The molecule has 0 atom stereocenters. The first-order valence-electron chi connectivity index (χ1n) is 8.00. The molecule has 0 bridgehead atoms.